The Morgan fingerprint density at radius 2 is 1.40 bits per heavy atom. The molecule has 2 heteroatoms. The molecule has 1 fully saturated rings. The second kappa shape index (κ2) is 10.4. The predicted octanol–water partition coefficient (Wildman–Crippen LogP) is 3.08. The maximum Gasteiger partial charge on any atom is 0.0195 e. The molecule has 0 radical (unpaired) electrons. The van der Waals surface area contributed by atoms with Crippen LogP contribution < -0.4 is 0 Å². The Bertz CT molecular complexity index is 126. The van der Waals surface area contributed by atoms with Crippen molar-refractivity contribution < 1.29 is 0 Å². The van der Waals surface area contributed by atoms with Crippen LogP contribution in [0.4, 0.5) is 0 Å². The molecule has 0 spiro atoms. The predicted molar refractivity (Wildman–Crippen MR) is 71.5 cm³/mol. The van der Waals surface area contributed by atoms with Crippen LogP contribution in [0.3, 0.4) is 0 Å². The third-order valence-corrected chi connectivity index (χ3v) is 2.83. The van der Waals surface area contributed by atoms with Crippen LogP contribution in [0.5, 0.6) is 0 Å². The van der Waals surface area contributed by atoms with Gasteiger partial charge in [-0.1, -0.05) is 34.6 Å². The van der Waals surface area contributed by atoms with Crippen molar-refractivity contribution >= 4 is 0 Å². The minimum atomic E-state index is 0.728. The highest BCUT2D eigenvalue weighted by atomic mass is 15.3. The molecule has 1 aliphatic heterocycles. The van der Waals surface area contributed by atoms with E-state index in [-0.39, 0.29) is 0 Å². The fourth-order valence-corrected chi connectivity index (χ4v) is 1.81. The minimum absolute atomic E-state index is 0.728. The molecule has 0 amide bonds. The zero-order valence-electron chi connectivity index (χ0n) is 12.2. The van der Waals surface area contributed by atoms with Gasteiger partial charge in [-0.2, -0.15) is 0 Å². The molecule has 1 saturated heterocycles. The highest BCUT2D eigenvalue weighted by Crippen LogP contribution is 2.11. The summed E-state index contributed by atoms with van der Waals surface area (Å²) in [5.74, 6) is 0. The first kappa shape index (κ1) is 17.3. The molecular weight excluding hydrogens is 184 g/mol. The van der Waals surface area contributed by atoms with Crippen LogP contribution >= 0.6 is 0 Å². The SMILES string of the molecule is CC.CC.CCN1CC(C)N(C)CC1C. The lowest BCUT2D eigenvalue weighted by atomic mass is 10.1. The average Bonchev–Trinajstić information content (AvgIpc) is 2.29. The second-order valence-corrected chi connectivity index (χ2v) is 3.73. The van der Waals surface area contributed by atoms with Crippen LogP contribution in [0.2, 0.25) is 0 Å². The third kappa shape index (κ3) is 6.16. The van der Waals surface area contributed by atoms with Crippen molar-refractivity contribution in [3.05, 3.63) is 0 Å². The molecular formula is C13H32N2. The summed E-state index contributed by atoms with van der Waals surface area (Å²) in [4.78, 5) is 4.99. The Balaban J connectivity index is 0. The Morgan fingerprint density at radius 1 is 0.933 bits per heavy atom. The fourth-order valence-electron chi connectivity index (χ4n) is 1.81. The average molecular weight is 216 g/mol. The van der Waals surface area contributed by atoms with Gasteiger partial charge in [0.2, 0.25) is 0 Å². The molecule has 1 rings (SSSR count). The summed E-state index contributed by atoms with van der Waals surface area (Å²) in [5, 5.41) is 0. The van der Waals surface area contributed by atoms with E-state index in [2.05, 4.69) is 37.6 Å². The third-order valence-electron chi connectivity index (χ3n) is 2.83. The van der Waals surface area contributed by atoms with E-state index in [1.165, 1.54) is 19.6 Å². The summed E-state index contributed by atoms with van der Waals surface area (Å²) in [6, 6.07) is 1.47. The van der Waals surface area contributed by atoms with Crippen molar-refractivity contribution in [2.75, 3.05) is 26.7 Å². The van der Waals surface area contributed by atoms with E-state index in [1.807, 2.05) is 27.7 Å². The number of nitrogens with zero attached hydrogens (tertiary/aromatic N) is 2. The fraction of sp³-hybridized carbons (Fsp3) is 1.00. The Hall–Kier alpha value is -0.0800. The summed E-state index contributed by atoms with van der Waals surface area (Å²) in [6.45, 7) is 18.5. The van der Waals surface area contributed by atoms with Gasteiger partial charge in [0.1, 0.15) is 0 Å². The second-order valence-electron chi connectivity index (χ2n) is 3.73. The van der Waals surface area contributed by atoms with Crippen molar-refractivity contribution in [1.29, 1.82) is 0 Å². The lowest BCUT2D eigenvalue weighted by Crippen LogP contribution is -2.54. The Morgan fingerprint density at radius 3 is 1.80 bits per heavy atom. The van der Waals surface area contributed by atoms with E-state index in [0.717, 1.165) is 12.1 Å². The number of hydrogen-bond acceptors (Lipinski definition) is 2. The van der Waals surface area contributed by atoms with Gasteiger partial charge in [0.25, 0.3) is 0 Å². The largest absolute Gasteiger partial charge is 0.301 e. The highest BCUT2D eigenvalue weighted by molar-refractivity contribution is 4.81. The van der Waals surface area contributed by atoms with Gasteiger partial charge in [0.05, 0.1) is 0 Å². The molecule has 2 unspecified atom stereocenters. The number of likely N-dealkylation sites (N-methyl/N-ethyl adjacent to an activating group) is 2. The van der Waals surface area contributed by atoms with Crippen molar-refractivity contribution in [3.8, 4) is 0 Å². The standard InChI is InChI=1S/C9H20N2.2C2H6/c1-5-11-7-8(2)10(4)6-9(11)3;2*1-2/h8-9H,5-7H2,1-4H3;2*1-2H3. The molecule has 0 saturated carbocycles. The topological polar surface area (TPSA) is 6.48 Å². The van der Waals surface area contributed by atoms with E-state index in [4.69, 9.17) is 0 Å². The molecule has 1 aliphatic rings. The number of hydrogen-bond donors (Lipinski definition) is 0. The van der Waals surface area contributed by atoms with Gasteiger partial charge in [-0.15, -0.1) is 0 Å². The van der Waals surface area contributed by atoms with Crippen LogP contribution in [0.25, 0.3) is 0 Å². The molecule has 0 N–H and O–H groups in total. The molecule has 0 bridgehead atoms. The quantitative estimate of drug-likeness (QED) is 0.664. The monoisotopic (exact) mass is 216 g/mol. The van der Waals surface area contributed by atoms with E-state index >= 15 is 0 Å². The minimum Gasteiger partial charge on any atom is -0.301 e. The van der Waals surface area contributed by atoms with Crippen LogP contribution in [0, 0.1) is 0 Å². The van der Waals surface area contributed by atoms with E-state index in [0.29, 0.717) is 0 Å². The smallest absolute Gasteiger partial charge is 0.0195 e. The van der Waals surface area contributed by atoms with Crippen molar-refractivity contribution in [2.24, 2.45) is 0 Å². The highest BCUT2D eigenvalue weighted by Gasteiger charge is 2.24. The summed E-state index contributed by atoms with van der Waals surface area (Å²) >= 11 is 0. The number of piperazine rings is 1. The zero-order valence-corrected chi connectivity index (χ0v) is 12.2. The maximum atomic E-state index is 2.55. The molecule has 1 heterocycles. The first-order valence-corrected chi connectivity index (χ1v) is 6.59. The van der Waals surface area contributed by atoms with Gasteiger partial charge in [-0.05, 0) is 27.4 Å². The molecule has 0 aliphatic carbocycles. The first-order valence-electron chi connectivity index (χ1n) is 6.59. The summed E-state index contributed by atoms with van der Waals surface area (Å²) in [7, 11) is 2.22. The lowest BCUT2D eigenvalue weighted by molar-refractivity contribution is 0.0643. The zero-order chi connectivity index (χ0) is 12.4. The number of rotatable bonds is 1. The van der Waals surface area contributed by atoms with Crippen LogP contribution in [-0.2, 0) is 0 Å². The van der Waals surface area contributed by atoms with Gasteiger partial charge >= 0.3 is 0 Å². The molecule has 2 nitrogen and oxygen atoms in total. The molecule has 94 valence electrons. The Labute approximate surface area is 97.6 Å². The maximum absolute atomic E-state index is 2.55. The molecule has 0 aromatic carbocycles. The normalized spacial score (nSPS) is 27.2. The van der Waals surface area contributed by atoms with Crippen molar-refractivity contribution in [1.82, 2.24) is 9.80 Å². The van der Waals surface area contributed by atoms with Gasteiger partial charge in [0.15, 0.2) is 0 Å². The summed E-state index contributed by atoms with van der Waals surface area (Å²) in [5.41, 5.74) is 0. The molecule has 2 atom stereocenters. The first-order chi connectivity index (χ1) is 7.15. The lowest BCUT2D eigenvalue weighted by Gasteiger charge is -2.41. The van der Waals surface area contributed by atoms with Crippen LogP contribution in [-0.4, -0.2) is 48.6 Å². The van der Waals surface area contributed by atoms with Gasteiger partial charge in [-0.25, -0.2) is 0 Å². The summed E-state index contributed by atoms with van der Waals surface area (Å²) in [6.07, 6.45) is 0. The molecule has 15 heavy (non-hydrogen) atoms. The van der Waals surface area contributed by atoms with Crippen molar-refractivity contribution in [2.45, 2.75) is 60.5 Å². The van der Waals surface area contributed by atoms with Crippen LogP contribution in [0.15, 0.2) is 0 Å². The van der Waals surface area contributed by atoms with Gasteiger partial charge in [-0.3, -0.25) is 4.90 Å². The van der Waals surface area contributed by atoms with E-state index in [9.17, 15) is 0 Å². The van der Waals surface area contributed by atoms with Gasteiger partial charge in [0, 0.05) is 25.2 Å². The van der Waals surface area contributed by atoms with Gasteiger partial charge < -0.3 is 4.90 Å². The van der Waals surface area contributed by atoms with E-state index < -0.39 is 0 Å². The molecule has 0 aromatic rings. The summed E-state index contributed by atoms with van der Waals surface area (Å²) < 4.78 is 0. The van der Waals surface area contributed by atoms with E-state index in [1.54, 1.807) is 0 Å². The van der Waals surface area contributed by atoms with Crippen molar-refractivity contribution in [3.63, 3.8) is 0 Å². The molecule has 0 aromatic heterocycles. The Kier molecular flexibility index (Phi) is 12.1. The van der Waals surface area contributed by atoms with Crippen LogP contribution in [0.1, 0.15) is 48.5 Å².